The van der Waals surface area contributed by atoms with Crippen LogP contribution < -0.4 is 25.4 Å². The Morgan fingerprint density at radius 2 is 1.59 bits per heavy atom. The molecule has 61 heavy (non-hydrogen) atoms. The van der Waals surface area contributed by atoms with Crippen molar-refractivity contribution in [3.05, 3.63) is 42.3 Å². The number of carboxylic acids is 1. The normalized spacial score (nSPS) is 24.8. The van der Waals surface area contributed by atoms with E-state index in [-0.39, 0.29) is 37.5 Å². The molecule has 0 bridgehead atoms. The fourth-order valence-corrected chi connectivity index (χ4v) is 10.2. The van der Waals surface area contributed by atoms with E-state index in [1.165, 1.54) is 22.3 Å². The van der Waals surface area contributed by atoms with Crippen molar-refractivity contribution in [2.75, 3.05) is 19.0 Å². The van der Waals surface area contributed by atoms with E-state index < -0.39 is 59.6 Å². The number of nitrogens with zero attached hydrogens (tertiary/aromatic N) is 3. The van der Waals surface area contributed by atoms with Crippen molar-refractivity contribution in [1.82, 2.24) is 25.5 Å². The Morgan fingerprint density at radius 1 is 0.902 bits per heavy atom. The zero-order chi connectivity index (χ0) is 42.7. The van der Waals surface area contributed by atoms with Crippen LogP contribution in [0.1, 0.15) is 96.3 Å². The van der Waals surface area contributed by atoms with E-state index >= 15 is 0 Å². The van der Waals surface area contributed by atoms with Gasteiger partial charge in [-0.1, -0.05) is 25.3 Å². The molecule has 0 radical (unpaired) electrons. The van der Waals surface area contributed by atoms with Crippen LogP contribution in [-0.4, -0.2) is 99.5 Å². The van der Waals surface area contributed by atoms with E-state index in [1.807, 2.05) is 6.07 Å². The summed E-state index contributed by atoms with van der Waals surface area (Å²) < 4.78 is 23.6. The van der Waals surface area contributed by atoms with Gasteiger partial charge in [-0.15, -0.1) is 17.9 Å². The molecule has 17 heteroatoms. The number of anilines is 1. The van der Waals surface area contributed by atoms with Crippen molar-refractivity contribution in [3.63, 3.8) is 0 Å². The quantitative estimate of drug-likeness (QED) is 0.121. The lowest BCUT2D eigenvalue weighted by molar-refractivity contribution is -0.146. The molecule has 4 saturated carbocycles. The number of ether oxygens (including phenoxy) is 4. The summed E-state index contributed by atoms with van der Waals surface area (Å²) in [6.07, 6.45) is 11.0. The molecule has 3 aromatic rings. The molecule has 4 amide bonds. The number of hydrogen-bond donors (Lipinski definition) is 4. The first kappa shape index (κ1) is 42.2. The lowest BCUT2D eigenvalue weighted by Crippen LogP contribution is -2.58. The fourth-order valence-electron chi connectivity index (χ4n) is 9.47. The maximum atomic E-state index is 14.9. The SMILES string of the molecule is C=C[C@@H]1C[C@]1(NC(=O)[C@@H]1C[C@@H](Oc2cc(-c3csc(NC(=O)OC4CCCC4)n3)nc3cc(OC)ccc23)CN1C(=O)[C@@H](NC(=O)OC1CCCC1)C1CCCCC1)C(=O)O. The van der Waals surface area contributed by atoms with Crippen molar-refractivity contribution in [2.45, 2.75) is 132 Å². The lowest BCUT2D eigenvalue weighted by Gasteiger charge is -2.34. The number of carbonyl (C=O) groups excluding carboxylic acids is 4. The molecule has 326 valence electrons. The van der Waals surface area contributed by atoms with Gasteiger partial charge in [0.2, 0.25) is 11.8 Å². The van der Waals surface area contributed by atoms with Crippen LogP contribution in [0.25, 0.3) is 22.3 Å². The molecule has 3 heterocycles. The van der Waals surface area contributed by atoms with Gasteiger partial charge in [-0.2, -0.15) is 0 Å². The molecule has 1 aromatic carbocycles. The number of rotatable bonds is 14. The number of carbonyl (C=O) groups is 5. The Hall–Kier alpha value is -5.45. The van der Waals surface area contributed by atoms with Crippen molar-refractivity contribution in [2.24, 2.45) is 11.8 Å². The topological polar surface area (TPSA) is 208 Å². The number of carboxylic acid groups (broad SMARTS) is 1. The van der Waals surface area contributed by atoms with Gasteiger partial charge in [0, 0.05) is 35.2 Å². The minimum atomic E-state index is -1.53. The van der Waals surface area contributed by atoms with E-state index in [4.69, 9.17) is 23.9 Å². The van der Waals surface area contributed by atoms with Gasteiger partial charge in [-0.3, -0.25) is 14.9 Å². The lowest BCUT2D eigenvalue weighted by atomic mass is 9.83. The zero-order valence-corrected chi connectivity index (χ0v) is 35.2. The van der Waals surface area contributed by atoms with Crippen LogP contribution in [-0.2, 0) is 23.9 Å². The van der Waals surface area contributed by atoms with E-state index in [0.717, 1.165) is 83.5 Å². The smallest absolute Gasteiger partial charge is 0.413 e. The second-order valence-electron chi connectivity index (χ2n) is 17.0. The Labute approximate surface area is 358 Å². The van der Waals surface area contributed by atoms with Crippen LogP contribution in [0.3, 0.4) is 0 Å². The van der Waals surface area contributed by atoms with Gasteiger partial charge < -0.3 is 39.6 Å². The summed E-state index contributed by atoms with van der Waals surface area (Å²) in [5, 5.41) is 21.3. The number of alkyl carbamates (subject to hydrolysis) is 1. The molecular weight excluding hydrogens is 805 g/mol. The molecule has 0 unspecified atom stereocenters. The molecule has 2 aromatic heterocycles. The molecule has 4 N–H and O–H groups in total. The highest BCUT2D eigenvalue weighted by atomic mass is 32.1. The molecule has 1 saturated heterocycles. The summed E-state index contributed by atoms with van der Waals surface area (Å²) in [6, 6.07) is 5.02. The molecule has 16 nitrogen and oxygen atoms in total. The average molecular weight is 859 g/mol. The number of pyridine rings is 1. The predicted octanol–water partition coefficient (Wildman–Crippen LogP) is 6.97. The molecule has 4 aliphatic carbocycles. The second kappa shape index (κ2) is 18.3. The first-order valence-electron chi connectivity index (χ1n) is 21.6. The molecule has 5 aliphatic rings. The third-order valence-electron chi connectivity index (χ3n) is 12.9. The van der Waals surface area contributed by atoms with Crippen LogP contribution in [0, 0.1) is 11.8 Å². The van der Waals surface area contributed by atoms with E-state index in [1.54, 1.807) is 30.7 Å². The molecule has 1 aliphatic heterocycles. The van der Waals surface area contributed by atoms with Crippen molar-refractivity contribution < 1.29 is 48.0 Å². The number of thiazole rings is 1. The summed E-state index contributed by atoms with van der Waals surface area (Å²) in [7, 11) is 1.55. The van der Waals surface area contributed by atoms with Gasteiger partial charge in [-0.25, -0.2) is 24.4 Å². The van der Waals surface area contributed by atoms with Gasteiger partial charge in [0.25, 0.3) is 0 Å². The average Bonchev–Trinajstić information content (AvgIpc) is 3.89. The predicted molar refractivity (Wildman–Crippen MR) is 225 cm³/mol. The molecule has 5 atom stereocenters. The number of nitrogens with one attached hydrogen (secondary N) is 3. The number of fused-ring (bicyclic) bond motifs is 1. The molecule has 8 rings (SSSR count). The molecule has 0 spiro atoms. The number of amides is 4. The van der Waals surface area contributed by atoms with Crippen molar-refractivity contribution in [1.29, 1.82) is 0 Å². The van der Waals surface area contributed by atoms with E-state index in [0.29, 0.717) is 38.9 Å². The summed E-state index contributed by atoms with van der Waals surface area (Å²) >= 11 is 1.23. The summed E-state index contributed by atoms with van der Waals surface area (Å²) in [4.78, 5) is 78.5. The van der Waals surface area contributed by atoms with Crippen LogP contribution >= 0.6 is 11.3 Å². The highest BCUT2D eigenvalue weighted by Crippen LogP contribution is 2.45. The summed E-state index contributed by atoms with van der Waals surface area (Å²) in [6.45, 7) is 3.73. The Bertz CT molecular complexity index is 2150. The maximum Gasteiger partial charge on any atom is 0.413 e. The highest BCUT2D eigenvalue weighted by Gasteiger charge is 2.61. The number of aromatic nitrogens is 2. The first-order valence-corrected chi connectivity index (χ1v) is 22.5. The Balaban J connectivity index is 1.08. The number of methoxy groups -OCH3 is 1. The fraction of sp³-hybridized carbons (Fsp3) is 0.568. The largest absolute Gasteiger partial charge is 0.497 e. The van der Waals surface area contributed by atoms with E-state index in [9.17, 15) is 29.1 Å². The Kier molecular flexibility index (Phi) is 12.6. The third-order valence-corrected chi connectivity index (χ3v) is 13.7. The van der Waals surface area contributed by atoms with Crippen LogP contribution in [0.4, 0.5) is 14.7 Å². The maximum absolute atomic E-state index is 14.9. The summed E-state index contributed by atoms with van der Waals surface area (Å²) in [5.74, 6) is -1.92. The third kappa shape index (κ3) is 9.41. The number of hydrogen-bond acceptors (Lipinski definition) is 12. The summed E-state index contributed by atoms with van der Waals surface area (Å²) in [5.41, 5.74) is -0.0747. The molecule has 5 fully saturated rings. The standard InChI is InChI=1S/C44H54N6O10S/c1-3-26-22-44(26,40(53)54)49-38(51)35-20-30(23-50(35)39(52)37(25-11-5-4-6-12-25)47-42(55)59-27-13-7-8-14-27)58-36-21-33(45-32-19-29(57-2)17-18-31(32)36)34-24-61-41(46-34)48-43(56)60-28-15-9-10-16-28/h3,17-19,21,24-28,30,35,37H,1,4-16,20,22-23H2,2H3,(H,47,55)(H,49,51)(H,53,54)(H,46,48,56)/t26-,30-,35+,37+,44-/m1/s1. The second-order valence-corrected chi connectivity index (χ2v) is 17.8. The number of likely N-dealkylation sites (tertiary alicyclic amines) is 1. The minimum absolute atomic E-state index is 0.0202. The minimum Gasteiger partial charge on any atom is -0.497 e. The van der Waals surface area contributed by atoms with Crippen LogP contribution in [0.5, 0.6) is 11.5 Å². The van der Waals surface area contributed by atoms with Gasteiger partial charge in [0.1, 0.15) is 53.1 Å². The van der Waals surface area contributed by atoms with Crippen molar-refractivity contribution in [3.8, 4) is 22.9 Å². The Morgan fingerprint density at radius 3 is 2.25 bits per heavy atom. The van der Waals surface area contributed by atoms with Gasteiger partial charge in [0.05, 0.1) is 24.9 Å². The first-order chi connectivity index (χ1) is 29.5. The zero-order valence-electron chi connectivity index (χ0n) is 34.4. The highest BCUT2D eigenvalue weighted by molar-refractivity contribution is 7.14. The number of aliphatic carboxylic acids is 1. The van der Waals surface area contributed by atoms with Crippen LogP contribution in [0.15, 0.2) is 42.3 Å². The van der Waals surface area contributed by atoms with Gasteiger partial charge in [-0.05, 0) is 88.7 Å². The van der Waals surface area contributed by atoms with E-state index in [2.05, 4.69) is 27.5 Å². The van der Waals surface area contributed by atoms with Crippen LogP contribution in [0.2, 0.25) is 0 Å². The number of benzene rings is 1. The van der Waals surface area contributed by atoms with Gasteiger partial charge in [0.15, 0.2) is 5.13 Å². The van der Waals surface area contributed by atoms with Crippen molar-refractivity contribution >= 4 is 57.3 Å². The monoisotopic (exact) mass is 858 g/mol. The van der Waals surface area contributed by atoms with Gasteiger partial charge >= 0.3 is 18.2 Å². The molecular formula is C44H54N6O10S.